The normalized spacial score (nSPS) is 11.9. The van der Waals surface area contributed by atoms with Gasteiger partial charge in [-0.3, -0.25) is 0 Å². The Morgan fingerprint density at radius 1 is 1.33 bits per heavy atom. The molecule has 0 fully saturated rings. The minimum absolute atomic E-state index is 0.202. The van der Waals surface area contributed by atoms with Crippen molar-refractivity contribution in [2.45, 2.75) is 13.0 Å². The van der Waals surface area contributed by atoms with Crippen molar-refractivity contribution in [1.82, 2.24) is 0 Å². The molecule has 0 amide bonds. The maximum absolute atomic E-state index is 11.3. The largest absolute Gasteiger partial charge is 0.387 e. The van der Waals surface area contributed by atoms with Gasteiger partial charge in [0, 0.05) is 5.02 Å². The summed E-state index contributed by atoms with van der Waals surface area (Å²) in [4.78, 5) is 22.1. The van der Waals surface area contributed by atoms with Gasteiger partial charge in [0.1, 0.15) is 6.10 Å². The number of rotatable bonds is 2. The van der Waals surface area contributed by atoms with Crippen LogP contribution in [0.3, 0.4) is 0 Å². The van der Waals surface area contributed by atoms with Crippen LogP contribution in [0.15, 0.2) is 24.3 Å². The average Bonchev–Trinajstić information content (AvgIpc) is 2.18. The average molecular weight is 229 g/mol. The number of esters is 2. The summed E-state index contributed by atoms with van der Waals surface area (Å²) in [6, 6.07) is 5.87. The van der Waals surface area contributed by atoms with Gasteiger partial charge in [-0.1, -0.05) is 11.6 Å². The van der Waals surface area contributed by atoms with E-state index in [2.05, 4.69) is 4.74 Å². The third-order valence-electron chi connectivity index (χ3n) is 1.61. The van der Waals surface area contributed by atoms with E-state index in [1.54, 1.807) is 0 Å². The topological polar surface area (TPSA) is 63.6 Å². The lowest BCUT2D eigenvalue weighted by atomic mass is 10.2. The molecule has 0 heterocycles. The van der Waals surface area contributed by atoms with E-state index in [1.807, 2.05) is 0 Å². The first-order valence-electron chi connectivity index (χ1n) is 4.20. The molecule has 1 atom stereocenters. The van der Waals surface area contributed by atoms with Crippen LogP contribution >= 0.6 is 11.6 Å². The van der Waals surface area contributed by atoms with E-state index in [4.69, 9.17) is 16.7 Å². The number of aliphatic hydroxyl groups excluding tert-OH is 1. The quantitative estimate of drug-likeness (QED) is 0.614. The molecule has 5 heteroatoms. The molecule has 0 saturated carbocycles. The lowest BCUT2D eigenvalue weighted by Crippen LogP contribution is -2.22. The zero-order chi connectivity index (χ0) is 11.4. The van der Waals surface area contributed by atoms with Gasteiger partial charge < -0.3 is 9.84 Å². The van der Waals surface area contributed by atoms with Crippen molar-refractivity contribution in [3.63, 3.8) is 0 Å². The molecule has 0 bridgehead atoms. The summed E-state index contributed by atoms with van der Waals surface area (Å²) in [6.07, 6.45) is -1.32. The molecule has 0 aliphatic rings. The van der Waals surface area contributed by atoms with E-state index in [0.717, 1.165) is 0 Å². The minimum Gasteiger partial charge on any atom is -0.387 e. The van der Waals surface area contributed by atoms with Crippen LogP contribution < -0.4 is 0 Å². The highest BCUT2D eigenvalue weighted by Gasteiger charge is 2.16. The van der Waals surface area contributed by atoms with Gasteiger partial charge in [-0.15, -0.1) is 0 Å². The van der Waals surface area contributed by atoms with E-state index in [1.165, 1.54) is 31.2 Å². The zero-order valence-electron chi connectivity index (χ0n) is 7.94. The SMILES string of the molecule is CC(O)C(=O)OC(=O)c1ccc(Cl)cc1. The van der Waals surface area contributed by atoms with Gasteiger partial charge in [-0.05, 0) is 31.2 Å². The maximum atomic E-state index is 11.3. The monoisotopic (exact) mass is 228 g/mol. The van der Waals surface area contributed by atoms with Gasteiger partial charge in [0.15, 0.2) is 0 Å². The Bertz CT molecular complexity index is 370. The Morgan fingerprint density at radius 2 is 1.87 bits per heavy atom. The second-order valence-electron chi connectivity index (χ2n) is 2.89. The fourth-order valence-corrected chi connectivity index (χ4v) is 0.948. The summed E-state index contributed by atoms with van der Waals surface area (Å²) in [7, 11) is 0. The predicted molar refractivity (Wildman–Crippen MR) is 53.6 cm³/mol. The van der Waals surface area contributed by atoms with Crippen molar-refractivity contribution in [3.8, 4) is 0 Å². The zero-order valence-corrected chi connectivity index (χ0v) is 8.69. The number of hydrogen-bond acceptors (Lipinski definition) is 4. The summed E-state index contributed by atoms with van der Waals surface area (Å²) >= 11 is 5.61. The van der Waals surface area contributed by atoms with Crippen LogP contribution in [-0.2, 0) is 9.53 Å². The summed E-state index contributed by atoms with van der Waals surface area (Å²) < 4.78 is 4.37. The summed E-state index contributed by atoms with van der Waals surface area (Å²) in [5, 5.41) is 9.29. The van der Waals surface area contributed by atoms with Crippen molar-refractivity contribution in [2.75, 3.05) is 0 Å². The fraction of sp³-hybridized carbons (Fsp3) is 0.200. The molecule has 1 N–H and O–H groups in total. The van der Waals surface area contributed by atoms with Crippen LogP contribution in [0.5, 0.6) is 0 Å². The molecule has 1 aromatic carbocycles. The second kappa shape index (κ2) is 4.91. The molecule has 0 spiro atoms. The number of hydrogen-bond donors (Lipinski definition) is 1. The van der Waals surface area contributed by atoms with E-state index >= 15 is 0 Å². The molecule has 0 aromatic heterocycles. The first kappa shape index (κ1) is 11.7. The fourth-order valence-electron chi connectivity index (χ4n) is 0.822. The Hall–Kier alpha value is -1.39. The lowest BCUT2D eigenvalue weighted by molar-refractivity contribution is -0.146. The van der Waals surface area contributed by atoms with Crippen LogP contribution in [0.2, 0.25) is 5.02 Å². The third kappa shape index (κ3) is 3.34. The van der Waals surface area contributed by atoms with Crippen molar-refractivity contribution in [1.29, 1.82) is 0 Å². The third-order valence-corrected chi connectivity index (χ3v) is 1.87. The first-order chi connectivity index (χ1) is 7.00. The number of benzene rings is 1. The number of carbonyl (C=O) groups excluding carboxylic acids is 2. The number of carbonyl (C=O) groups is 2. The van der Waals surface area contributed by atoms with Crippen LogP contribution in [0, 0.1) is 0 Å². The number of aliphatic hydroxyl groups is 1. The highest BCUT2D eigenvalue weighted by molar-refractivity contribution is 6.30. The Kier molecular flexibility index (Phi) is 3.82. The first-order valence-corrected chi connectivity index (χ1v) is 4.58. The van der Waals surface area contributed by atoms with E-state index in [9.17, 15) is 9.59 Å². The van der Waals surface area contributed by atoms with Gasteiger partial charge >= 0.3 is 11.9 Å². The van der Waals surface area contributed by atoms with Gasteiger partial charge in [0.05, 0.1) is 5.56 Å². The highest BCUT2D eigenvalue weighted by Crippen LogP contribution is 2.10. The molecule has 15 heavy (non-hydrogen) atoms. The van der Waals surface area contributed by atoms with Crippen molar-refractivity contribution in [2.24, 2.45) is 0 Å². The highest BCUT2D eigenvalue weighted by atomic mass is 35.5. The molecule has 4 nitrogen and oxygen atoms in total. The van der Waals surface area contributed by atoms with Crippen LogP contribution in [0.25, 0.3) is 0 Å². The molecule has 1 aromatic rings. The number of halogens is 1. The van der Waals surface area contributed by atoms with Crippen molar-refractivity contribution in [3.05, 3.63) is 34.9 Å². The van der Waals surface area contributed by atoms with E-state index in [-0.39, 0.29) is 5.56 Å². The van der Waals surface area contributed by atoms with E-state index in [0.29, 0.717) is 5.02 Å². The van der Waals surface area contributed by atoms with Crippen LogP contribution in [0.4, 0.5) is 0 Å². The van der Waals surface area contributed by atoms with Crippen molar-refractivity contribution < 1.29 is 19.4 Å². The summed E-state index contributed by atoms with van der Waals surface area (Å²) in [5.41, 5.74) is 0.202. The minimum atomic E-state index is -1.32. The molecule has 0 aliphatic carbocycles. The van der Waals surface area contributed by atoms with Crippen LogP contribution in [0.1, 0.15) is 17.3 Å². The van der Waals surface area contributed by atoms with Crippen molar-refractivity contribution >= 4 is 23.5 Å². The van der Waals surface area contributed by atoms with Gasteiger partial charge in [-0.25, -0.2) is 9.59 Å². The Morgan fingerprint density at radius 3 is 2.33 bits per heavy atom. The molecule has 80 valence electrons. The standard InChI is InChI=1S/C10H9ClO4/c1-6(12)9(13)15-10(14)7-2-4-8(11)5-3-7/h2-6,12H,1H3. The molecule has 1 rings (SSSR count). The summed E-state index contributed by atoms with van der Waals surface area (Å²) in [5.74, 6) is -1.78. The Balaban J connectivity index is 2.69. The second-order valence-corrected chi connectivity index (χ2v) is 3.33. The predicted octanol–water partition coefficient (Wildman–Crippen LogP) is 1.40. The van der Waals surface area contributed by atoms with Gasteiger partial charge in [0.2, 0.25) is 0 Å². The van der Waals surface area contributed by atoms with Crippen LogP contribution in [-0.4, -0.2) is 23.1 Å². The number of ether oxygens (including phenoxy) is 1. The Labute approximate surface area is 91.4 Å². The molecular formula is C10H9ClO4. The molecule has 0 radical (unpaired) electrons. The smallest absolute Gasteiger partial charge is 0.345 e. The molecule has 0 aliphatic heterocycles. The van der Waals surface area contributed by atoms with E-state index < -0.39 is 18.0 Å². The molecule has 0 saturated heterocycles. The lowest BCUT2D eigenvalue weighted by Gasteiger charge is -2.04. The molecular weight excluding hydrogens is 220 g/mol. The maximum Gasteiger partial charge on any atom is 0.345 e. The van der Waals surface area contributed by atoms with Gasteiger partial charge in [0.25, 0.3) is 0 Å². The van der Waals surface area contributed by atoms with Gasteiger partial charge in [-0.2, -0.15) is 0 Å². The molecule has 1 unspecified atom stereocenters. The summed E-state index contributed by atoms with van der Waals surface area (Å²) in [6.45, 7) is 1.22.